The second-order valence-corrected chi connectivity index (χ2v) is 4.39. The number of nitrogens with zero attached hydrogens (tertiary/aromatic N) is 2. The van der Waals surface area contributed by atoms with E-state index in [2.05, 4.69) is 4.84 Å². The zero-order valence-corrected chi connectivity index (χ0v) is 9.85. The van der Waals surface area contributed by atoms with Crippen LogP contribution in [0.25, 0.3) is 0 Å². The lowest BCUT2D eigenvalue weighted by Crippen LogP contribution is -2.59. The molecule has 2 heterocycles. The SMILES string of the molecule is FC(F)(F)N1OC2CCC1C=C2N(C(F)(F)F)C(F)(F)F. The average Bonchev–Trinajstić information content (AvgIpc) is 2.24. The zero-order chi connectivity index (χ0) is 16.2. The minimum absolute atomic E-state index is 0.253. The maximum atomic E-state index is 12.5. The van der Waals surface area contributed by atoms with E-state index < -0.39 is 46.7 Å². The van der Waals surface area contributed by atoms with Crippen LogP contribution >= 0.6 is 0 Å². The van der Waals surface area contributed by atoms with Crippen LogP contribution in [-0.4, -0.2) is 41.0 Å². The molecule has 0 aromatic carbocycles. The largest absolute Gasteiger partial charge is 0.491 e. The second-order valence-electron chi connectivity index (χ2n) is 4.39. The van der Waals surface area contributed by atoms with Crippen molar-refractivity contribution in [3.05, 3.63) is 11.8 Å². The van der Waals surface area contributed by atoms with Gasteiger partial charge in [0.2, 0.25) is 0 Å². The molecular formula is C9H7F9N2O. The Balaban J connectivity index is 2.37. The fourth-order valence-corrected chi connectivity index (χ4v) is 2.27. The highest BCUT2D eigenvalue weighted by Gasteiger charge is 2.59. The molecule has 1 fully saturated rings. The van der Waals surface area contributed by atoms with Crippen molar-refractivity contribution in [3.63, 3.8) is 0 Å². The van der Waals surface area contributed by atoms with E-state index in [1.807, 2.05) is 0 Å². The van der Waals surface area contributed by atoms with E-state index in [1.165, 1.54) is 0 Å². The number of hydrogen-bond donors (Lipinski definition) is 0. The Morgan fingerprint density at radius 3 is 1.81 bits per heavy atom. The lowest BCUT2D eigenvalue weighted by atomic mass is 9.94. The first-order chi connectivity index (χ1) is 9.32. The van der Waals surface area contributed by atoms with E-state index in [0.717, 1.165) is 0 Å². The van der Waals surface area contributed by atoms with Gasteiger partial charge in [0.05, 0.1) is 11.7 Å². The molecule has 0 amide bonds. The van der Waals surface area contributed by atoms with Crippen LogP contribution in [-0.2, 0) is 4.84 Å². The molecule has 0 saturated carbocycles. The van der Waals surface area contributed by atoms with Gasteiger partial charge in [-0.05, 0) is 18.9 Å². The highest BCUT2D eigenvalue weighted by Crippen LogP contribution is 2.45. The van der Waals surface area contributed by atoms with Gasteiger partial charge in [0.15, 0.2) is 0 Å². The van der Waals surface area contributed by atoms with Gasteiger partial charge in [-0.2, -0.15) is 18.1 Å². The van der Waals surface area contributed by atoms with Gasteiger partial charge in [-0.25, -0.2) is 0 Å². The van der Waals surface area contributed by atoms with Gasteiger partial charge in [-0.15, -0.1) is 26.3 Å². The standard InChI is InChI=1S/C9H7F9N2O/c10-7(11,12)19(8(13,14)15)5-3-4-1-2-6(5)21-20(4)9(16,17)18/h3-4,6H,1-2H2. The van der Waals surface area contributed by atoms with E-state index in [-0.39, 0.29) is 12.8 Å². The van der Waals surface area contributed by atoms with Gasteiger partial charge >= 0.3 is 18.9 Å². The molecule has 2 bridgehead atoms. The zero-order valence-electron chi connectivity index (χ0n) is 9.85. The third-order valence-electron chi connectivity index (χ3n) is 2.97. The first kappa shape index (κ1) is 16.2. The summed E-state index contributed by atoms with van der Waals surface area (Å²) >= 11 is 0. The minimum atomic E-state index is -5.81. The molecule has 122 valence electrons. The molecule has 0 N–H and O–H groups in total. The monoisotopic (exact) mass is 330 g/mol. The van der Waals surface area contributed by atoms with E-state index in [4.69, 9.17) is 0 Å². The average molecular weight is 330 g/mol. The summed E-state index contributed by atoms with van der Waals surface area (Å²) in [6.07, 6.45) is -18.9. The van der Waals surface area contributed by atoms with E-state index in [0.29, 0.717) is 6.08 Å². The number of hydroxylamine groups is 2. The predicted molar refractivity (Wildman–Crippen MR) is 47.8 cm³/mol. The third-order valence-corrected chi connectivity index (χ3v) is 2.97. The molecule has 2 atom stereocenters. The van der Waals surface area contributed by atoms with Crippen molar-refractivity contribution >= 4 is 0 Å². The van der Waals surface area contributed by atoms with Crippen molar-refractivity contribution in [3.8, 4) is 0 Å². The van der Waals surface area contributed by atoms with Crippen LogP contribution in [0.15, 0.2) is 11.8 Å². The Kier molecular flexibility index (Phi) is 3.60. The van der Waals surface area contributed by atoms with Crippen LogP contribution in [0.5, 0.6) is 0 Å². The summed E-state index contributed by atoms with van der Waals surface area (Å²) in [5.74, 6) is 0. The molecular weight excluding hydrogens is 323 g/mol. The van der Waals surface area contributed by atoms with Crippen molar-refractivity contribution in [2.75, 3.05) is 0 Å². The van der Waals surface area contributed by atoms with Crippen molar-refractivity contribution < 1.29 is 44.4 Å². The van der Waals surface area contributed by atoms with Crippen molar-refractivity contribution in [1.29, 1.82) is 0 Å². The van der Waals surface area contributed by atoms with E-state index >= 15 is 0 Å². The highest BCUT2D eigenvalue weighted by atomic mass is 19.4. The molecule has 2 unspecified atom stereocenters. The first-order valence-corrected chi connectivity index (χ1v) is 5.50. The fourth-order valence-electron chi connectivity index (χ4n) is 2.27. The van der Waals surface area contributed by atoms with Gasteiger partial charge in [-0.1, -0.05) is 5.06 Å². The summed E-state index contributed by atoms with van der Waals surface area (Å²) in [6, 6.07) is -1.72. The third kappa shape index (κ3) is 3.05. The molecule has 0 aromatic heterocycles. The van der Waals surface area contributed by atoms with Crippen molar-refractivity contribution in [2.24, 2.45) is 0 Å². The smallest absolute Gasteiger partial charge is 0.281 e. The summed E-state index contributed by atoms with van der Waals surface area (Å²) < 4.78 is 113. The normalized spacial score (nSPS) is 27.8. The Morgan fingerprint density at radius 2 is 1.48 bits per heavy atom. The topological polar surface area (TPSA) is 15.7 Å². The minimum Gasteiger partial charge on any atom is -0.281 e. The fraction of sp³-hybridized carbons (Fsp3) is 0.778. The second kappa shape index (κ2) is 4.66. The van der Waals surface area contributed by atoms with Crippen LogP contribution in [0.1, 0.15) is 12.8 Å². The molecule has 0 radical (unpaired) electrons. The van der Waals surface area contributed by atoms with Crippen molar-refractivity contribution in [2.45, 2.75) is 43.9 Å². The van der Waals surface area contributed by atoms with Crippen LogP contribution in [0.3, 0.4) is 0 Å². The van der Waals surface area contributed by atoms with Crippen LogP contribution < -0.4 is 0 Å². The van der Waals surface area contributed by atoms with Crippen LogP contribution in [0.4, 0.5) is 39.5 Å². The molecule has 3 aliphatic rings. The summed E-state index contributed by atoms with van der Waals surface area (Å²) in [4.78, 5) is 2.42. The van der Waals surface area contributed by atoms with Gasteiger partial charge < -0.3 is 0 Å². The molecule has 1 saturated heterocycles. The van der Waals surface area contributed by atoms with Crippen LogP contribution in [0, 0.1) is 0 Å². The molecule has 3 nitrogen and oxygen atoms in total. The number of hydrogen-bond acceptors (Lipinski definition) is 3. The number of alkyl halides is 9. The molecule has 21 heavy (non-hydrogen) atoms. The quantitative estimate of drug-likeness (QED) is 0.541. The summed E-state index contributed by atoms with van der Waals surface area (Å²) in [7, 11) is 0. The molecule has 1 aliphatic carbocycles. The van der Waals surface area contributed by atoms with Gasteiger partial charge in [-0.3, -0.25) is 4.84 Å². The van der Waals surface area contributed by atoms with Gasteiger partial charge in [0, 0.05) is 0 Å². The molecule has 0 spiro atoms. The van der Waals surface area contributed by atoms with E-state index in [1.54, 1.807) is 0 Å². The number of rotatable bonds is 1. The lowest BCUT2D eigenvalue weighted by molar-refractivity contribution is -0.419. The molecule has 0 aromatic rings. The van der Waals surface area contributed by atoms with Gasteiger partial charge in [0.1, 0.15) is 6.10 Å². The first-order valence-electron chi connectivity index (χ1n) is 5.50. The summed E-state index contributed by atoms with van der Waals surface area (Å²) in [5, 5.41) is -0.532. The number of halogens is 9. The van der Waals surface area contributed by atoms with Crippen LogP contribution in [0.2, 0.25) is 0 Å². The maximum absolute atomic E-state index is 12.5. The molecule has 3 rings (SSSR count). The lowest BCUT2D eigenvalue weighted by Gasteiger charge is -2.46. The van der Waals surface area contributed by atoms with Crippen molar-refractivity contribution in [1.82, 2.24) is 9.96 Å². The van der Waals surface area contributed by atoms with E-state index in [9.17, 15) is 39.5 Å². The predicted octanol–water partition coefficient (Wildman–Crippen LogP) is 3.51. The van der Waals surface area contributed by atoms with Gasteiger partial charge in [0.25, 0.3) is 0 Å². The Hall–Kier alpha value is -1.17. The molecule has 2 aliphatic heterocycles. The maximum Gasteiger partial charge on any atom is 0.491 e. The summed E-state index contributed by atoms with van der Waals surface area (Å²) in [5.41, 5.74) is -1.37. The molecule has 12 heteroatoms. The summed E-state index contributed by atoms with van der Waals surface area (Å²) in [6.45, 7) is 0. The number of fused-ring (bicyclic) bond motifs is 2. The Bertz CT molecular complexity index is 424. The Labute approximate surface area is 111 Å². The Morgan fingerprint density at radius 1 is 0.952 bits per heavy atom. The highest BCUT2D eigenvalue weighted by molar-refractivity contribution is 5.19.